The molecule has 0 bridgehead atoms. The fourth-order valence-electron chi connectivity index (χ4n) is 2.61. The Morgan fingerprint density at radius 2 is 1.90 bits per heavy atom. The van der Waals surface area contributed by atoms with Gasteiger partial charge in [-0.3, -0.25) is 9.58 Å². The van der Waals surface area contributed by atoms with Gasteiger partial charge in [0.2, 0.25) is 10.0 Å². The Kier molecular flexibility index (Phi) is 5.06. The molecule has 21 heavy (non-hydrogen) atoms. The molecule has 6 nitrogen and oxygen atoms in total. The van der Waals surface area contributed by atoms with Gasteiger partial charge in [-0.15, -0.1) is 0 Å². The first-order chi connectivity index (χ1) is 9.81. The van der Waals surface area contributed by atoms with Crippen LogP contribution in [0.3, 0.4) is 0 Å². The van der Waals surface area contributed by atoms with Gasteiger partial charge in [0.1, 0.15) is 4.90 Å². The summed E-state index contributed by atoms with van der Waals surface area (Å²) in [5.74, 6) is 0. The molecule has 7 heteroatoms. The largest absolute Gasteiger partial charge is 0.299 e. The summed E-state index contributed by atoms with van der Waals surface area (Å²) in [6.07, 6.45) is 4.03. The topological polar surface area (TPSA) is 67.2 Å². The van der Waals surface area contributed by atoms with E-state index in [2.05, 4.69) is 21.6 Å². The summed E-state index contributed by atoms with van der Waals surface area (Å²) in [6, 6.07) is 0.374. The lowest BCUT2D eigenvalue weighted by molar-refractivity contribution is 0.260. The second-order valence-electron chi connectivity index (χ2n) is 6.10. The van der Waals surface area contributed by atoms with Crippen LogP contribution >= 0.6 is 0 Å². The summed E-state index contributed by atoms with van der Waals surface area (Å²) in [5, 5.41) is 4.27. The molecule has 1 aromatic rings. The van der Waals surface area contributed by atoms with Gasteiger partial charge < -0.3 is 0 Å². The summed E-state index contributed by atoms with van der Waals surface area (Å²) < 4.78 is 29.3. The van der Waals surface area contributed by atoms with Crippen LogP contribution in [0.2, 0.25) is 0 Å². The van der Waals surface area contributed by atoms with Gasteiger partial charge in [0.15, 0.2) is 0 Å². The molecule has 0 unspecified atom stereocenters. The van der Waals surface area contributed by atoms with Gasteiger partial charge in [-0.2, -0.15) is 5.10 Å². The molecule has 120 valence electrons. The lowest BCUT2D eigenvalue weighted by Crippen LogP contribution is -2.40. The maximum absolute atomic E-state index is 12.4. The fourth-order valence-corrected chi connectivity index (χ4v) is 3.91. The van der Waals surface area contributed by atoms with Crippen LogP contribution in [-0.4, -0.2) is 48.8 Å². The summed E-state index contributed by atoms with van der Waals surface area (Å²) in [5.41, 5.74) is 0.546. The molecular weight excluding hydrogens is 288 g/mol. The predicted octanol–water partition coefficient (Wildman–Crippen LogP) is 1.54. The molecule has 0 aliphatic carbocycles. The lowest BCUT2D eigenvalue weighted by Gasteiger charge is -2.23. The minimum absolute atomic E-state index is 0.149. The number of nitrogens with one attached hydrogen (secondary N) is 1. The molecule has 0 spiro atoms. The Labute approximate surface area is 127 Å². The summed E-state index contributed by atoms with van der Waals surface area (Å²) in [4.78, 5) is 2.61. The van der Waals surface area contributed by atoms with Crippen molar-refractivity contribution in [3.63, 3.8) is 0 Å². The monoisotopic (exact) mass is 314 g/mol. The third kappa shape index (κ3) is 3.84. The molecule has 1 aromatic heterocycles. The first-order valence-electron chi connectivity index (χ1n) is 7.60. The Hall–Kier alpha value is -0.920. The number of hydrogen-bond donors (Lipinski definition) is 1. The van der Waals surface area contributed by atoms with E-state index in [4.69, 9.17) is 0 Å². The Balaban J connectivity index is 2.04. The van der Waals surface area contributed by atoms with E-state index in [-0.39, 0.29) is 17.0 Å². The number of hydrogen-bond acceptors (Lipinski definition) is 4. The van der Waals surface area contributed by atoms with Gasteiger partial charge >= 0.3 is 0 Å². The zero-order valence-electron chi connectivity index (χ0n) is 13.3. The van der Waals surface area contributed by atoms with Gasteiger partial charge in [-0.25, -0.2) is 13.1 Å². The van der Waals surface area contributed by atoms with E-state index >= 15 is 0 Å². The van der Waals surface area contributed by atoms with E-state index in [9.17, 15) is 8.42 Å². The van der Waals surface area contributed by atoms with Gasteiger partial charge in [0.25, 0.3) is 0 Å². The van der Waals surface area contributed by atoms with E-state index in [1.165, 1.54) is 12.8 Å². The second-order valence-corrected chi connectivity index (χ2v) is 7.83. The molecule has 0 radical (unpaired) electrons. The minimum Gasteiger partial charge on any atom is -0.299 e. The first kappa shape index (κ1) is 16.5. The number of sulfonamides is 1. The zero-order valence-corrected chi connectivity index (χ0v) is 14.2. The van der Waals surface area contributed by atoms with E-state index in [0.29, 0.717) is 12.2 Å². The minimum atomic E-state index is -3.49. The van der Waals surface area contributed by atoms with Crippen LogP contribution in [0.1, 0.15) is 45.3 Å². The molecule has 0 aromatic carbocycles. The third-order valence-electron chi connectivity index (χ3n) is 4.02. The quantitative estimate of drug-likeness (QED) is 0.865. The maximum atomic E-state index is 12.4. The van der Waals surface area contributed by atoms with Crippen LogP contribution in [0.5, 0.6) is 0 Å². The van der Waals surface area contributed by atoms with E-state index in [1.807, 2.05) is 13.8 Å². The first-order valence-corrected chi connectivity index (χ1v) is 9.09. The lowest BCUT2D eigenvalue weighted by atomic mass is 10.3. The number of aryl methyl sites for hydroxylation is 1. The van der Waals surface area contributed by atoms with Crippen LogP contribution in [0.15, 0.2) is 11.1 Å². The highest BCUT2D eigenvalue weighted by Crippen LogP contribution is 2.17. The Morgan fingerprint density at radius 1 is 1.29 bits per heavy atom. The molecule has 1 aliphatic rings. The van der Waals surface area contributed by atoms with E-state index in [0.717, 1.165) is 13.1 Å². The number of nitrogens with zero attached hydrogens (tertiary/aromatic N) is 3. The number of rotatable bonds is 6. The van der Waals surface area contributed by atoms with Crippen LogP contribution in [-0.2, 0) is 10.0 Å². The standard InChI is InChI=1S/C14H26N4O2S/c1-11(2)18-10-14(13(4)16-18)21(19,20)15-9-12(3)17-7-5-6-8-17/h10-12,15H,5-9H2,1-4H3/t12-/m0/s1. The maximum Gasteiger partial charge on any atom is 0.244 e. The second kappa shape index (κ2) is 6.46. The van der Waals surface area contributed by atoms with Crippen molar-refractivity contribution < 1.29 is 8.42 Å². The van der Waals surface area contributed by atoms with Crippen LogP contribution in [0, 0.1) is 6.92 Å². The number of aromatic nitrogens is 2. The van der Waals surface area contributed by atoms with Crippen molar-refractivity contribution >= 4 is 10.0 Å². The van der Waals surface area contributed by atoms with Crippen molar-refractivity contribution in [2.24, 2.45) is 0 Å². The van der Waals surface area contributed by atoms with Crippen molar-refractivity contribution in [1.82, 2.24) is 19.4 Å². The van der Waals surface area contributed by atoms with Crippen molar-refractivity contribution in [2.45, 2.75) is 57.5 Å². The van der Waals surface area contributed by atoms with Crippen molar-refractivity contribution in [3.05, 3.63) is 11.9 Å². The van der Waals surface area contributed by atoms with Gasteiger partial charge in [0.05, 0.1) is 5.69 Å². The van der Waals surface area contributed by atoms with Gasteiger partial charge in [0, 0.05) is 24.8 Å². The van der Waals surface area contributed by atoms with E-state index < -0.39 is 10.0 Å². The highest BCUT2D eigenvalue weighted by atomic mass is 32.2. The molecule has 0 amide bonds. The molecule has 2 heterocycles. The zero-order chi connectivity index (χ0) is 15.6. The molecule has 0 saturated carbocycles. The van der Waals surface area contributed by atoms with Crippen LogP contribution in [0.4, 0.5) is 0 Å². The molecule has 1 saturated heterocycles. The average Bonchev–Trinajstić information content (AvgIpc) is 3.05. The molecule has 1 aliphatic heterocycles. The summed E-state index contributed by atoms with van der Waals surface area (Å²) >= 11 is 0. The fraction of sp³-hybridized carbons (Fsp3) is 0.786. The van der Waals surface area contributed by atoms with Crippen molar-refractivity contribution in [3.8, 4) is 0 Å². The summed E-state index contributed by atoms with van der Waals surface area (Å²) in [6.45, 7) is 10.3. The van der Waals surface area contributed by atoms with Crippen LogP contribution in [0.25, 0.3) is 0 Å². The third-order valence-corrected chi connectivity index (χ3v) is 5.55. The number of likely N-dealkylation sites (tertiary alicyclic amines) is 1. The smallest absolute Gasteiger partial charge is 0.244 e. The van der Waals surface area contributed by atoms with Crippen molar-refractivity contribution in [1.29, 1.82) is 0 Å². The average molecular weight is 314 g/mol. The molecule has 1 atom stereocenters. The Morgan fingerprint density at radius 3 is 2.43 bits per heavy atom. The molecular formula is C14H26N4O2S. The molecule has 2 rings (SSSR count). The SMILES string of the molecule is Cc1nn(C(C)C)cc1S(=O)(=O)NC[C@H](C)N1CCCC1. The highest BCUT2D eigenvalue weighted by molar-refractivity contribution is 7.89. The highest BCUT2D eigenvalue weighted by Gasteiger charge is 2.24. The molecule has 1 N–H and O–H groups in total. The van der Waals surface area contributed by atoms with E-state index in [1.54, 1.807) is 17.8 Å². The molecule has 1 fully saturated rings. The Bertz CT molecular complexity index is 574. The van der Waals surface area contributed by atoms with Crippen LogP contribution < -0.4 is 4.72 Å². The normalized spacial score (nSPS) is 18.5. The predicted molar refractivity (Wildman–Crippen MR) is 82.8 cm³/mol. The van der Waals surface area contributed by atoms with Gasteiger partial charge in [-0.1, -0.05) is 0 Å². The van der Waals surface area contributed by atoms with Crippen molar-refractivity contribution in [2.75, 3.05) is 19.6 Å². The van der Waals surface area contributed by atoms with Gasteiger partial charge in [-0.05, 0) is 53.6 Å². The summed E-state index contributed by atoms with van der Waals surface area (Å²) in [7, 11) is -3.49.